The van der Waals surface area contributed by atoms with Crippen LogP contribution in [0.4, 0.5) is 0 Å². The Balaban J connectivity index is 2.88. The molecule has 0 rings (SSSR count). The minimum atomic E-state index is -0.568. The predicted molar refractivity (Wildman–Crippen MR) is 40.6 cm³/mol. The normalized spacial score (nSPS) is 10.7. The number of hydrogen-bond donors (Lipinski definition) is 2. The fourth-order valence-corrected chi connectivity index (χ4v) is 1.11. The number of hydrogen-bond acceptors (Lipinski definition) is 3. The van der Waals surface area contributed by atoms with Gasteiger partial charge < -0.3 is 15.5 Å². The first-order valence-electron chi connectivity index (χ1n) is 3.08. The van der Waals surface area contributed by atoms with Gasteiger partial charge >= 0.3 is 0 Å². The lowest BCUT2D eigenvalue weighted by molar-refractivity contribution is 0.420. The minimum Gasteiger partial charge on any atom is -0.419 e. The maximum Gasteiger partial charge on any atom is 0.221 e. The Kier molecular flexibility index (Phi) is 6.29. The molecule has 0 aromatic rings. The van der Waals surface area contributed by atoms with Gasteiger partial charge in [0.2, 0.25) is 9.04 Å². The third-order valence-electron chi connectivity index (χ3n) is 1.04. The third kappa shape index (κ3) is 5.98. The van der Waals surface area contributed by atoms with Crippen LogP contribution in [0.25, 0.3) is 0 Å². The summed E-state index contributed by atoms with van der Waals surface area (Å²) in [6, 6.07) is 0. The standard InChI is InChI=1S/C5H15N2OSi/c1-8-9(2)5-7-4-3-6/h7H,3-6H2,1-2H3. The molecule has 0 saturated heterocycles. The van der Waals surface area contributed by atoms with Crippen molar-refractivity contribution in [1.82, 2.24) is 5.32 Å². The van der Waals surface area contributed by atoms with Crippen LogP contribution < -0.4 is 11.1 Å². The van der Waals surface area contributed by atoms with E-state index in [9.17, 15) is 0 Å². The van der Waals surface area contributed by atoms with Crippen molar-refractivity contribution < 1.29 is 4.43 Å². The molecule has 0 unspecified atom stereocenters. The number of nitrogens with two attached hydrogens (primary N) is 1. The summed E-state index contributed by atoms with van der Waals surface area (Å²) in [5.41, 5.74) is 5.26. The molecular formula is C5H15N2OSi. The Morgan fingerprint density at radius 2 is 2.33 bits per heavy atom. The second kappa shape index (κ2) is 6.22. The monoisotopic (exact) mass is 147 g/mol. The number of rotatable bonds is 5. The molecule has 9 heavy (non-hydrogen) atoms. The van der Waals surface area contributed by atoms with Crippen molar-refractivity contribution in [2.24, 2.45) is 5.73 Å². The molecule has 3 N–H and O–H groups in total. The van der Waals surface area contributed by atoms with E-state index in [1.165, 1.54) is 0 Å². The van der Waals surface area contributed by atoms with Gasteiger partial charge in [0.1, 0.15) is 0 Å². The summed E-state index contributed by atoms with van der Waals surface area (Å²) in [6.45, 7) is 3.72. The van der Waals surface area contributed by atoms with Crippen LogP contribution in [0, 0.1) is 0 Å². The van der Waals surface area contributed by atoms with Crippen molar-refractivity contribution in [1.29, 1.82) is 0 Å². The van der Waals surface area contributed by atoms with Gasteiger partial charge in [-0.3, -0.25) is 0 Å². The van der Waals surface area contributed by atoms with E-state index in [4.69, 9.17) is 10.2 Å². The van der Waals surface area contributed by atoms with Gasteiger partial charge in [-0.15, -0.1) is 0 Å². The smallest absolute Gasteiger partial charge is 0.221 e. The van der Waals surface area contributed by atoms with Crippen LogP contribution in [-0.4, -0.2) is 35.4 Å². The molecule has 0 fully saturated rings. The van der Waals surface area contributed by atoms with Crippen molar-refractivity contribution in [2.45, 2.75) is 6.55 Å². The Hall–Kier alpha value is 0.0969. The Bertz CT molecular complexity index is 62.9. The molecule has 0 bridgehead atoms. The van der Waals surface area contributed by atoms with Crippen molar-refractivity contribution in [3.63, 3.8) is 0 Å². The van der Waals surface area contributed by atoms with E-state index >= 15 is 0 Å². The highest BCUT2D eigenvalue weighted by atomic mass is 28.3. The highest BCUT2D eigenvalue weighted by Gasteiger charge is 1.99. The third-order valence-corrected chi connectivity index (χ3v) is 2.49. The molecule has 0 aliphatic heterocycles. The molecule has 0 aromatic heterocycles. The molecule has 0 amide bonds. The first-order valence-corrected chi connectivity index (χ1v) is 5.20. The first kappa shape index (κ1) is 9.10. The van der Waals surface area contributed by atoms with Crippen LogP contribution in [0.3, 0.4) is 0 Å². The zero-order chi connectivity index (χ0) is 7.11. The molecule has 4 heteroatoms. The molecule has 0 aliphatic rings. The van der Waals surface area contributed by atoms with Gasteiger partial charge in [0.05, 0.1) is 0 Å². The van der Waals surface area contributed by atoms with Crippen LogP contribution in [0.15, 0.2) is 0 Å². The molecule has 0 aliphatic carbocycles. The lowest BCUT2D eigenvalue weighted by Gasteiger charge is -2.06. The Morgan fingerprint density at radius 1 is 1.67 bits per heavy atom. The summed E-state index contributed by atoms with van der Waals surface area (Å²) < 4.78 is 5.10. The predicted octanol–water partition coefficient (Wildman–Crippen LogP) is -0.658. The van der Waals surface area contributed by atoms with Crippen molar-refractivity contribution >= 4 is 9.04 Å². The summed E-state index contributed by atoms with van der Waals surface area (Å²) in [6.07, 6.45) is 0.984. The molecule has 0 atom stereocenters. The SMILES string of the molecule is CO[Si](C)CNCCN. The summed E-state index contributed by atoms with van der Waals surface area (Å²) in [5.74, 6) is 0. The van der Waals surface area contributed by atoms with E-state index in [1.54, 1.807) is 7.11 Å². The molecule has 0 aromatic carbocycles. The summed E-state index contributed by atoms with van der Waals surface area (Å²) in [7, 11) is 1.18. The molecule has 1 radical (unpaired) electrons. The molecule has 0 heterocycles. The highest BCUT2D eigenvalue weighted by molar-refractivity contribution is 6.50. The van der Waals surface area contributed by atoms with Crippen molar-refractivity contribution in [3.05, 3.63) is 0 Å². The Labute approximate surface area is 58.3 Å². The average Bonchev–Trinajstić information content (AvgIpc) is 1.89. The molecule has 3 nitrogen and oxygen atoms in total. The summed E-state index contributed by atoms with van der Waals surface area (Å²) >= 11 is 0. The quantitative estimate of drug-likeness (QED) is 0.401. The van der Waals surface area contributed by atoms with Gasteiger partial charge in [-0.2, -0.15) is 0 Å². The van der Waals surface area contributed by atoms with Crippen molar-refractivity contribution in [2.75, 3.05) is 26.4 Å². The average molecular weight is 147 g/mol. The van der Waals surface area contributed by atoms with E-state index in [-0.39, 0.29) is 0 Å². The number of nitrogens with one attached hydrogen (secondary N) is 1. The fourth-order valence-electron chi connectivity index (χ4n) is 0.439. The molecule has 0 saturated carbocycles. The highest BCUT2D eigenvalue weighted by Crippen LogP contribution is 1.76. The van der Waals surface area contributed by atoms with E-state index in [0.717, 1.165) is 12.7 Å². The van der Waals surface area contributed by atoms with Crippen LogP contribution in [0.2, 0.25) is 6.55 Å². The van der Waals surface area contributed by atoms with E-state index < -0.39 is 9.04 Å². The van der Waals surface area contributed by atoms with Crippen LogP contribution >= 0.6 is 0 Å². The van der Waals surface area contributed by atoms with Crippen LogP contribution in [0.5, 0.6) is 0 Å². The fraction of sp³-hybridized carbons (Fsp3) is 1.00. The van der Waals surface area contributed by atoms with E-state index in [0.29, 0.717) is 6.54 Å². The maximum absolute atomic E-state index is 5.26. The molecular weight excluding hydrogens is 132 g/mol. The van der Waals surface area contributed by atoms with Gasteiger partial charge in [-0.1, -0.05) is 0 Å². The largest absolute Gasteiger partial charge is 0.419 e. The zero-order valence-electron chi connectivity index (χ0n) is 6.11. The molecule has 0 spiro atoms. The lowest BCUT2D eigenvalue weighted by atomic mass is 10.7. The van der Waals surface area contributed by atoms with Gasteiger partial charge in [0.15, 0.2) is 0 Å². The van der Waals surface area contributed by atoms with Gasteiger partial charge in [0.25, 0.3) is 0 Å². The van der Waals surface area contributed by atoms with E-state index in [2.05, 4.69) is 11.9 Å². The minimum absolute atomic E-state index is 0.568. The summed E-state index contributed by atoms with van der Waals surface area (Å²) in [5, 5.41) is 3.18. The van der Waals surface area contributed by atoms with Crippen molar-refractivity contribution in [3.8, 4) is 0 Å². The summed E-state index contributed by atoms with van der Waals surface area (Å²) in [4.78, 5) is 0. The topological polar surface area (TPSA) is 47.3 Å². The maximum atomic E-state index is 5.26. The van der Waals surface area contributed by atoms with Gasteiger partial charge in [-0.05, 0) is 6.55 Å². The zero-order valence-corrected chi connectivity index (χ0v) is 7.11. The van der Waals surface area contributed by atoms with Gasteiger partial charge in [0, 0.05) is 26.4 Å². The lowest BCUT2D eigenvalue weighted by Crippen LogP contribution is -2.33. The second-order valence-corrected chi connectivity index (χ2v) is 4.04. The van der Waals surface area contributed by atoms with E-state index in [1.807, 2.05) is 0 Å². The Morgan fingerprint density at radius 3 is 2.78 bits per heavy atom. The molecule has 55 valence electrons. The van der Waals surface area contributed by atoms with Crippen LogP contribution in [0.1, 0.15) is 0 Å². The van der Waals surface area contributed by atoms with Crippen LogP contribution in [-0.2, 0) is 4.43 Å². The van der Waals surface area contributed by atoms with Gasteiger partial charge in [-0.25, -0.2) is 0 Å². The first-order chi connectivity index (χ1) is 4.31. The second-order valence-electron chi connectivity index (χ2n) is 1.87.